The van der Waals surface area contributed by atoms with Gasteiger partial charge in [-0.05, 0) is 59.3 Å². The van der Waals surface area contributed by atoms with Crippen molar-refractivity contribution in [2.45, 2.75) is 13.5 Å². The van der Waals surface area contributed by atoms with Crippen LogP contribution >= 0.6 is 39.1 Å². The van der Waals surface area contributed by atoms with Crippen LogP contribution in [0.15, 0.2) is 64.3 Å². The number of pyridine rings is 1. The number of carbonyl (C=O) groups excluding carboxylic acids is 1. The number of hydrogen-bond acceptors (Lipinski definition) is 5. The Hall–Kier alpha value is -2.61. The molecular weight excluding hydrogens is 505 g/mol. The van der Waals surface area contributed by atoms with Gasteiger partial charge >= 0.3 is 0 Å². The van der Waals surface area contributed by atoms with Crippen LogP contribution in [0.1, 0.15) is 28.5 Å². The van der Waals surface area contributed by atoms with Gasteiger partial charge in [0.25, 0.3) is 5.91 Å². The molecule has 2 aromatic carbocycles. The van der Waals surface area contributed by atoms with Crippen molar-refractivity contribution < 1.29 is 14.3 Å². The van der Waals surface area contributed by atoms with Gasteiger partial charge < -0.3 is 9.47 Å². The minimum atomic E-state index is -0.405. The van der Waals surface area contributed by atoms with Crippen molar-refractivity contribution in [3.63, 3.8) is 0 Å². The van der Waals surface area contributed by atoms with Gasteiger partial charge in [-0.3, -0.25) is 9.78 Å². The van der Waals surface area contributed by atoms with E-state index in [9.17, 15) is 4.79 Å². The highest BCUT2D eigenvalue weighted by atomic mass is 79.9. The first-order chi connectivity index (χ1) is 15.0. The van der Waals surface area contributed by atoms with Gasteiger partial charge in [-0.25, -0.2) is 5.43 Å². The Balaban J connectivity index is 1.74. The summed E-state index contributed by atoms with van der Waals surface area (Å²) in [4.78, 5) is 16.0. The van der Waals surface area contributed by atoms with Crippen molar-refractivity contribution in [3.8, 4) is 11.5 Å². The number of hydrogen-bond donors (Lipinski definition) is 1. The highest BCUT2D eigenvalue weighted by Crippen LogP contribution is 2.34. The van der Waals surface area contributed by atoms with Gasteiger partial charge in [0.1, 0.15) is 12.3 Å². The van der Waals surface area contributed by atoms with E-state index in [0.29, 0.717) is 38.2 Å². The van der Waals surface area contributed by atoms with Crippen molar-refractivity contribution in [2.75, 3.05) is 6.61 Å². The third-order valence-electron chi connectivity index (χ3n) is 4.03. The highest BCUT2D eigenvalue weighted by molar-refractivity contribution is 9.10. The molecule has 0 saturated carbocycles. The first kappa shape index (κ1) is 23.1. The standard InChI is InChI=1S/C22H18BrCl2N3O3/c1-2-30-20-9-15(12-27-28-22(29)19-5-3-4-8-26-19)17(23)11-21(20)31-13-14-6-7-16(24)10-18(14)25/h3-12H,2,13H2,1H3,(H,28,29)/b27-12-. The maximum Gasteiger partial charge on any atom is 0.289 e. The van der Waals surface area contributed by atoms with Crippen LogP contribution in [0.25, 0.3) is 0 Å². The molecule has 160 valence electrons. The van der Waals surface area contributed by atoms with Crippen molar-refractivity contribution in [2.24, 2.45) is 5.10 Å². The van der Waals surface area contributed by atoms with Crippen LogP contribution in [0.5, 0.6) is 11.5 Å². The number of ether oxygens (including phenoxy) is 2. The Morgan fingerprint density at radius 1 is 1.16 bits per heavy atom. The van der Waals surface area contributed by atoms with E-state index in [0.717, 1.165) is 5.56 Å². The van der Waals surface area contributed by atoms with E-state index in [2.05, 4.69) is 31.4 Å². The second-order valence-electron chi connectivity index (χ2n) is 6.19. The van der Waals surface area contributed by atoms with Gasteiger partial charge in [-0.1, -0.05) is 35.3 Å². The molecule has 1 heterocycles. The summed E-state index contributed by atoms with van der Waals surface area (Å²) >= 11 is 15.7. The van der Waals surface area contributed by atoms with Crippen molar-refractivity contribution in [1.29, 1.82) is 0 Å². The van der Waals surface area contributed by atoms with Crippen LogP contribution in [0.2, 0.25) is 10.0 Å². The quantitative estimate of drug-likeness (QED) is 0.295. The average Bonchev–Trinajstić information content (AvgIpc) is 2.76. The number of aromatic nitrogens is 1. The fourth-order valence-corrected chi connectivity index (χ4v) is 3.43. The first-order valence-electron chi connectivity index (χ1n) is 9.25. The lowest BCUT2D eigenvalue weighted by Gasteiger charge is -2.14. The summed E-state index contributed by atoms with van der Waals surface area (Å²) in [6.07, 6.45) is 3.05. The van der Waals surface area contributed by atoms with Crippen LogP contribution in [-0.4, -0.2) is 23.7 Å². The molecule has 0 aliphatic rings. The molecule has 31 heavy (non-hydrogen) atoms. The molecule has 9 heteroatoms. The van der Waals surface area contributed by atoms with E-state index >= 15 is 0 Å². The monoisotopic (exact) mass is 521 g/mol. The first-order valence-corrected chi connectivity index (χ1v) is 10.8. The Morgan fingerprint density at radius 2 is 1.97 bits per heavy atom. The van der Waals surface area contributed by atoms with Gasteiger partial charge in [0.2, 0.25) is 0 Å². The number of hydrazone groups is 1. The summed E-state index contributed by atoms with van der Waals surface area (Å²) < 4.78 is 12.3. The van der Waals surface area contributed by atoms with Gasteiger partial charge in [0.05, 0.1) is 12.8 Å². The lowest BCUT2D eigenvalue weighted by Crippen LogP contribution is -2.18. The van der Waals surface area contributed by atoms with E-state index in [1.54, 1.807) is 48.7 Å². The average molecular weight is 523 g/mol. The Labute approximate surface area is 198 Å². The third kappa shape index (κ3) is 6.43. The minimum Gasteiger partial charge on any atom is -0.490 e. The molecule has 0 radical (unpaired) electrons. The summed E-state index contributed by atoms with van der Waals surface area (Å²) in [6, 6.07) is 13.8. The molecule has 3 rings (SSSR count). The van der Waals surface area contributed by atoms with Crippen molar-refractivity contribution in [3.05, 3.63) is 86.1 Å². The van der Waals surface area contributed by atoms with Gasteiger partial charge in [0.15, 0.2) is 11.5 Å². The molecule has 6 nitrogen and oxygen atoms in total. The lowest BCUT2D eigenvalue weighted by molar-refractivity contribution is 0.0950. The van der Waals surface area contributed by atoms with Gasteiger partial charge in [-0.15, -0.1) is 0 Å². The topological polar surface area (TPSA) is 72.8 Å². The van der Waals surface area contributed by atoms with Gasteiger partial charge in [-0.2, -0.15) is 5.10 Å². The Kier molecular flexibility index (Phi) is 8.28. The second kappa shape index (κ2) is 11.1. The van der Waals surface area contributed by atoms with E-state index < -0.39 is 5.91 Å². The van der Waals surface area contributed by atoms with E-state index in [4.69, 9.17) is 32.7 Å². The molecule has 1 N–H and O–H groups in total. The predicted molar refractivity (Wildman–Crippen MR) is 125 cm³/mol. The van der Waals surface area contributed by atoms with Crippen LogP contribution in [0.3, 0.4) is 0 Å². The van der Waals surface area contributed by atoms with Crippen LogP contribution < -0.4 is 14.9 Å². The zero-order valence-corrected chi connectivity index (χ0v) is 19.5. The highest BCUT2D eigenvalue weighted by Gasteiger charge is 2.12. The second-order valence-corrected chi connectivity index (χ2v) is 7.89. The number of halogens is 3. The maximum atomic E-state index is 12.0. The van der Waals surface area contributed by atoms with Crippen molar-refractivity contribution in [1.82, 2.24) is 10.4 Å². The summed E-state index contributed by atoms with van der Waals surface area (Å²) in [7, 11) is 0. The Morgan fingerprint density at radius 3 is 2.68 bits per heavy atom. The summed E-state index contributed by atoms with van der Waals surface area (Å²) in [5.74, 6) is 0.667. The van der Waals surface area contributed by atoms with Crippen LogP contribution in [-0.2, 0) is 6.61 Å². The normalized spacial score (nSPS) is 10.8. The number of nitrogens with zero attached hydrogens (tertiary/aromatic N) is 2. The fourth-order valence-electron chi connectivity index (χ4n) is 2.54. The third-order valence-corrected chi connectivity index (χ3v) is 5.30. The van der Waals surface area contributed by atoms with Crippen LogP contribution in [0.4, 0.5) is 0 Å². The number of amides is 1. The molecule has 0 spiro atoms. The summed E-state index contributed by atoms with van der Waals surface area (Å²) in [5, 5.41) is 5.09. The molecule has 0 aliphatic heterocycles. The maximum absolute atomic E-state index is 12.0. The number of nitrogens with one attached hydrogen (secondary N) is 1. The largest absolute Gasteiger partial charge is 0.490 e. The molecular formula is C22H18BrCl2N3O3. The molecule has 0 fully saturated rings. The van der Waals surface area contributed by atoms with Gasteiger partial charge in [0, 0.05) is 31.8 Å². The molecule has 0 unspecified atom stereocenters. The lowest BCUT2D eigenvalue weighted by atomic mass is 10.2. The van der Waals surface area contributed by atoms with E-state index in [1.165, 1.54) is 6.21 Å². The molecule has 0 bridgehead atoms. The summed E-state index contributed by atoms with van der Waals surface area (Å²) in [5.41, 5.74) is 4.22. The molecule has 1 aromatic heterocycles. The van der Waals surface area contributed by atoms with E-state index in [1.807, 2.05) is 13.0 Å². The van der Waals surface area contributed by atoms with Crippen molar-refractivity contribution >= 4 is 51.3 Å². The molecule has 3 aromatic rings. The number of rotatable bonds is 8. The molecule has 0 saturated heterocycles. The summed E-state index contributed by atoms with van der Waals surface area (Å²) in [6.45, 7) is 2.57. The zero-order chi connectivity index (χ0) is 22.2. The van der Waals surface area contributed by atoms with E-state index in [-0.39, 0.29) is 12.3 Å². The Bertz CT molecular complexity index is 1090. The number of carbonyl (C=O) groups is 1. The SMILES string of the molecule is CCOc1cc(/C=N\NC(=O)c2ccccn2)c(Br)cc1OCc1ccc(Cl)cc1Cl. The smallest absolute Gasteiger partial charge is 0.289 e. The predicted octanol–water partition coefficient (Wildman–Crippen LogP) is 5.89. The molecule has 1 amide bonds. The molecule has 0 atom stereocenters. The fraction of sp³-hybridized carbons (Fsp3) is 0.136. The zero-order valence-electron chi connectivity index (χ0n) is 16.4. The van der Waals surface area contributed by atoms with Crippen LogP contribution in [0, 0.1) is 0 Å². The minimum absolute atomic E-state index is 0.246. The molecule has 0 aliphatic carbocycles. The number of benzene rings is 2.